The van der Waals surface area contributed by atoms with Gasteiger partial charge in [0.25, 0.3) is 0 Å². The average molecular weight is 200 g/mol. The first kappa shape index (κ1) is 11.0. The Hall–Kier alpha value is -1.06. The molecule has 4 heteroatoms. The lowest BCUT2D eigenvalue weighted by molar-refractivity contribution is -0.168. The highest BCUT2D eigenvalue weighted by Gasteiger charge is 2.50. The molecule has 0 unspecified atom stereocenters. The third-order valence-corrected chi connectivity index (χ3v) is 3.28. The Morgan fingerprint density at radius 1 is 0.929 bits per heavy atom. The first-order chi connectivity index (χ1) is 6.30. The molecule has 0 aliphatic heterocycles. The van der Waals surface area contributed by atoms with Crippen molar-refractivity contribution in [3.05, 3.63) is 0 Å². The number of rotatable bonds is 2. The lowest BCUT2D eigenvalue weighted by Crippen LogP contribution is -2.43. The molecule has 0 atom stereocenters. The molecule has 80 valence electrons. The molecule has 1 aliphatic rings. The van der Waals surface area contributed by atoms with Crippen molar-refractivity contribution in [3.63, 3.8) is 0 Å². The minimum atomic E-state index is -1.53. The van der Waals surface area contributed by atoms with E-state index in [0.717, 1.165) is 0 Å². The van der Waals surface area contributed by atoms with Crippen LogP contribution in [0, 0.1) is 10.8 Å². The van der Waals surface area contributed by atoms with Crippen LogP contribution < -0.4 is 0 Å². The van der Waals surface area contributed by atoms with Crippen LogP contribution in [0.1, 0.15) is 39.5 Å². The fraction of sp³-hybridized carbons (Fsp3) is 0.800. The molecule has 1 rings (SSSR count). The third-order valence-electron chi connectivity index (χ3n) is 3.28. The van der Waals surface area contributed by atoms with Crippen LogP contribution in [0.15, 0.2) is 0 Å². The second kappa shape index (κ2) is 3.26. The van der Waals surface area contributed by atoms with Crippen LogP contribution in [0.4, 0.5) is 0 Å². The zero-order chi connectivity index (χ0) is 11.0. The molecule has 1 fully saturated rings. The van der Waals surface area contributed by atoms with Gasteiger partial charge in [0.05, 0.1) is 0 Å². The van der Waals surface area contributed by atoms with Crippen molar-refractivity contribution in [2.75, 3.05) is 0 Å². The summed E-state index contributed by atoms with van der Waals surface area (Å²) in [5, 5.41) is 17.9. The number of carbonyl (C=O) groups is 2. The summed E-state index contributed by atoms with van der Waals surface area (Å²) in [4.78, 5) is 21.9. The van der Waals surface area contributed by atoms with Gasteiger partial charge in [-0.1, -0.05) is 13.8 Å². The van der Waals surface area contributed by atoms with E-state index in [0.29, 0.717) is 12.8 Å². The number of hydrogen-bond donors (Lipinski definition) is 2. The Balaban J connectivity index is 2.85. The minimum Gasteiger partial charge on any atom is -0.480 e. The van der Waals surface area contributed by atoms with E-state index in [1.54, 1.807) is 0 Å². The van der Waals surface area contributed by atoms with Gasteiger partial charge in [0.1, 0.15) is 0 Å². The van der Waals surface area contributed by atoms with Gasteiger partial charge in [0.15, 0.2) is 5.41 Å². The van der Waals surface area contributed by atoms with Gasteiger partial charge in [-0.3, -0.25) is 9.59 Å². The zero-order valence-corrected chi connectivity index (χ0v) is 8.54. The Morgan fingerprint density at radius 2 is 1.29 bits per heavy atom. The lowest BCUT2D eigenvalue weighted by Gasteiger charge is -2.38. The van der Waals surface area contributed by atoms with Crippen LogP contribution in [0.5, 0.6) is 0 Å². The first-order valence-corrected chi connectivity index (χ1v) is 4.77. The van der Waals surface area contributed by atoms with Crippen molar-refractivity contribution in [2.45, 2.75) is 39.5 Å². The van der Waals surface area contributed by atoms with E-state index in [1.165, 1.54) is 0 Å². The molecule has 4 nitrogen and oxygen atoms in total. The Bertz CT molecular complexity index is 241. The highest BCUT2D eigenvalue weighted by molar-refractivity contribution is 5.98. The van der Waals surface area contributed by atoms with Gasteiger partial charge in [-0.15, -0.1) is 0 Å². The maximum absolute atomic E-state index is 10.9. The smallest absolute Gasteiger partial charge is 0.321 e. The van der Waals surface area contributed by atoms with E-state index in [1.807, 2.05) is 13.8 Å². The van der Waals surface area contributed by atoms with Crippen molar-refractivity contribution in [2.24, 2.45) is 10.8 Å². The SMILES string of the molecule is CC1(C)CCC(C(=O)O)(C(=O)O)CC1. The quantitative estimate of drug-likeness (QED) is 0.666. The molecule has 0 saturated heterocycles. The molecule has 2 N–H and O–H groups in total. The maximum Gasteiger partial charge on any atom is 0.321 e. The number of carboxylic acid groups (broad SMARTS) is 2. The second-order valence-electron chi connectivity index (χ2n) is 4.86. The summed E-state index contributed by atoms with van der Waals surface area (Å²) in [5.74, 6) is -2.39. The topological polar surface area (TPSA) is 74.6 Å². The Kier molecular flexibility index (Phi) is 2.56. The van der Waals surface area contributed by atoms with Gasteiger partial charge in [-0.2, -0.15) is 0 Å². The molecule has 0 bridgehead atoms. The first-order valence-electron chi connectivity index (χ1n) is 4.77. The summed E-state index contributed by atoms with van der Waals surface area (Å²) in [6.45, 7) is 4.08. The molecule has 0 aromatic rings. The van der Waals surface area contributed by atoms with E-state index in [-0.39, 0.29) is 18.3 Å². The fourth-order valence-electron chi connectivity index (χ4n) is 1.87. The van der Waals surface area contributed by atoms with Crippen LogP contribution in [0.25, 0.3) is 0 Å². The van der Waals surface area contributed by atoms with E-state index < -0.39 is 17.4 Å². The van der Waals surface area contributed by atoms with E-state index >= 15 is 0 Å². The van der Waals surface area contributed by atoms with Crippen molar-refractivity contribution in [3.8, 4) is 0 Å². The van der Waals surface area contributed by atoms with Gasteiger partial charge >= 0.3 is 11.9 Å². The second-order valence-corrected chi connectivity index (χ2v) is 4.86. The number of hydrogen-bond acceptors (Lipinski definition) is 2. The molecule has 0 spiro atoms. The van der Waals surface area contributed by atoms with Crippen molar-refractivity contribution in [1.82, 2.24) is 0 Å². The van der Waals surface area contributed by atoms with Gasteiger partial charge in [-0.25, -0.2) is 0 Å². The Morgan fingerprint density at radius 3 is 1.57 bits per heavy atom. The molecule has 14 heavy (non-hydrogen) atoms. The summed E-state index contributed by atoms with van der Waals surface area (Å²) in [6, 6.07) is 0. The van der Waals surface area contributed by atoms with Gasteiger partial charge in [0, 0.05) is 0 Å². The highest BCUT2D eigenvalue weighted by atomic mass is 16.4. The van der Waals surface area contributed by atoms with Crippen molar-refractivity contribution in [1.29, 1.82) is 0 Å². The summed E-state index contributed by atoms with van der Waals surface area (Å²) in [5.41, 5.74) is -1.45. The molecular weight excluding hydrogens is 184 g/mol. The standard InChI is InChI=1S/C10H16O4/c1-9(2)3-5-10(6-4-9,7(11)12)8(13)14/h3-6H2,1-2H3,(H,11,12)(H,13,14). The molecule has 0 amide bonds. The van der Waals surface area contributed by atoms with Crippen LogP contribution in [0.3, 0.4) is 0 Å². The summed E-state index contributed by atoms with van der Waals surface area (Å²) < 4.78 is 0. The molecule has 1 saturated carbocycles. The largest absolute Gasteiger partial charge is 0.480 e. The lowest BCUT2D eigenvalue weighted by atomic mass is 9.65. The predicted molar refractivity (Wildman–Crippen MR) is 50.0 cm³/mol. The monoisotopic (exact) mass is 200 g/mol. The molecule has 0 heterocycles. The third kappa shape index (κ3) is 1.74. The summed E-state index contributed by atoms with van der Waals surface area (Å²) in [7, 11) is 0. The molecule has 0 aromatic heterocycles. The van der Waals surface area contributed by atoms with Crippen LogP contribution in [-0.2, 0) is 9.59 Å². The molecule has 1 aliphatic carbocycles. The highest BCUT2D eigenvalue weighted by Crippen LogP contribution is 2.45. The predicted octanol–water partition coefficient (Wildman–Crippen LogP) is 1.74. The number of carboxylic acids is 2. The maximum atomic E-state index is 10.9. The number of aliphatic carboxylic acids is 2. The molecular formula is C10H16O4. The Labute approximate surface area is 82.9 Å². The van der Waals surface area contributed by atoms with Gasteiger partial charge < -0.3 is 10.2 Å². The summed E-state index contributed by atoms with van der Waals surface area (Å²) in [6.07, 6.45) is 1.80. The van der Waals surface area contributed by atoms with Crippen molar-refractivity contribution >= 4 is 11.9 Å². The van der Waals surface area contributed by atoms with Crippen LogP contribution in [0.2, 0.25) is 0 Å². The van der Waals surface area contributed by atoms with E-state index in [2.05, 4.69) is 0 Å². The molecule has 0 radical (unpaired) electrons. The van der Waals surface area contributed by atoms with Crippen LogP contribution in [-0.4, -0.2) is 22.2 Å². The van der Waals surface area contributed by atoms with Crippen LogP contribution >= 0.6 is 0 Å². The van der Waals surface area contributed by atoms with E-state index in [4.69, 9.17) is 10.2 Å². The van der Waals surface area contributed by atoms with E-state index in [9.17, 15) is 9.59 Å². The summed E-state index contributed by atoms with van der Waals surface area (Å²) >= 11 is 0. The average Bonchev–Trinajstić information content (AvgIpc) is 2.03. The minimum absolute atomic E-state index is 0.0778. The normalized spacial score (nSPS) is 24.1. The van der Waals surface area contributed by atoms with Gasteiger partial charge in [-0.05, 0) is 31.1 Å². The van der Waals surface area contributed by atoms with Gasteiger partial charge in [0.2, 0.25) is 0 Å². The molecule has 0 aromatic carbocycles. The zero-order valence-electron chi connectivity index (χ0n) is 8.54. The van der Waals surface area contributed by atoms with Crippen molar-refractivity contribution < 1.29 is 19.8 Å². The fourth-order valence-corrected chi connectivity index (χ4v) is 1.87.